The Morgan fingerprint density at radius 2 is 2.19 bits per heavy atom. The molecule has 0 fully saturated rings. The number of carbonyl (C=O) groups excluding carboxylic acids is 1. The van der Waals surface area contributed by atoms with Gasteiger partial charge in [-0.1, -0.05) is 25.3 Å². The molecule has 1 aromatic rings. The number of nitrogens with zero attached hydrogens (tertiary/aromatic N) is 1. The molecule has 0 saturated carbocycles. The Kier molecular flexibility index (Phi) is 7.19. The van der Waals surface area contributed by atoms with Gasteiger partial charge < -0.3 is 4.90 Å². The Bertz CT molecular complexity index is 381. The Morgan fingerprint density at radius 1 is 1.50 bits per heavy atom. The van der Waals surface area contributed by atoms with Gasteiger partial charge in [0.1, 0.15) is 0 Å². The molecule has 3 heteroatoms. The molecule has 0 spiro atoms. The van der Waals surface area contributed by atoms with Crippen LogP contribution in [0.3, 0.4) is 0 Å². The van der Waals surface area contributed by atoms with Gasteiger partial charge in [-0.05, 0) is 19.2 Å². The molecule has 16 heavy (non-hydrogen) atoms. The third-order valence-electron chi connectivity index (χ3n) is 1.94. The van der Waals surface area contributed by atoms with Gasteiger partial charge >= 0.3 is 0 Å². The summed E-state index contributed by atoms with van der Waals surface area (Å²) in [5.41, 5.74) is 1.84. The topological polar surface area (TPSA) is 20.3 Å². The van der Waals surface area contributed by atoms with Gasteiger partial charge in [-0.2, -0.15) is 23.8 Å². The smallest absolute Gasteiger partial charge is 0.243 e. The minimum absolute atomic E-state index is 0. The van der Waals surface area contributed by atoms with E-state index in [1.807, 2.05) is 26.0 Å². The Labute approximate surface area is 122 Å². The average Bonchev–Trinajstić information content (AvgIpc) is 2.26. The Morgan fingerprint density at radius 3 is 2.62 bits per heavy atom. The summed E-state index contributed by atoms with van der Waals surface area (Å²) in [6, 6.07) is 8.65. The fraction of sp³-hybridized carbons (Fsp3) is 0.154. The molecule has 0 aliphatic rings. The van der Waals surface area contributed by atoms with Crippen molar-refractivity contribution in [2.24, 2.45) is 0 Å². The fourth-order valence-electron chi connectivity index (χ4n) is 1.18. The average molecular weight is 289 g/mol. The van der Waals surface area contributed by atoms with Crippen molar-refractivity contribution in [2.75, 3.05) is 4.90 Å². The maximum atomic E-state index is 11.5. The number of hydrogen-bond acceptors (Lipinski definition) is 1. The molecule has 1 rings (SSSR count). The third-order valence-corrected chi connectivity index (χ3v) is 1.94. The minimum Gasteiger partial charge on any atom is -0.339 e. The van der Waals surface area contributed by atoms with Crippen LogP contribution in [-0.4, -0.2) is 5.91 Å². The number of carbonyl (C=O) groups is 1. The number of anilines is 1. The Hall–Kier alpha value is -0.726. The first-order valence-electron chi connectivity index (χ1n) is 4.76. The molecule has 0 aromatic heterocycles. The second-order valence-electron chi connectivity index (χ2n) is 3.12. The molecule has 0 atom stereocenters. The molecule has 0 N–H and O–H groups in total. The van der Waals surface area contributed by atoms with Crippen LogP contribution in [0.5, 0.6) is 0 Å². The maximum Gasteiger partial charge on any atom is 0.243 e. The largest absolute Gasteiger partial charge is 0.339 e. The van der Waals surface area contributed by atoms with Crippen LogP contribution in [0.1, 0.15) is 12.5 Å². The molecule has 81 valence electrons. The van der Waals surface area contributed by atoms with E-state index in [0.29, 0.717) is 0 Å². The molecule has 1 amide bonds. The van der Waals surface area contributed by atoms with Crippen LogP contribution in [-0.2, 0) is 37.5 Å². The van der Waals surface area contributed by atoms with E-state index in [1.54, 1.807) is 18.3 Å². The Balaban J connectivity index is 0.00000225. The number of amides is 1. The van der Waals surface area contributed by atoms with E-state index in [2.05, 4.69) is 12.6 Å². The molecule has 0 aliphatic heterocycles. The SMILES string of the molecule is C=CC(=O)N(/C=C\C)c1c[c-]c(C)cc1.[Y]. The van der Waals surface area contributed by atoms with Crippen molar-refractivity contribution in [3.8, 4) is 0 Å². The van der Waals surface area contributed by atoms with Gasteiger partial charge in [0, 0.05) is 32.7 Å². The second kappa shape index (κ2) is 7.53. The van der Waals surface area contributed by atoms with Crippen LogP contribution in [0.15, 0.2) is 43.1 Å². The van der Waals surface area contributed by atoms with Crippen molar-refractivity contribution in [1.29, 1.82) is 0 Å². The van der Waals surface area contributed by atoms with E-state index in [1.165, 1.54) is 11.0 Å². The maximum absolute atomic E-state index is 11.5. The van der Waals surface area contributed by atoms with Gasteiger partial charge in [0.05, 0.1) is 0 Å². The standard InChI is InChI=1S/C13H14NO.Y/c1-4-10-14(13(15)5-2)12-8-6-11(3)7-9-12;/h4-6,8-10H,2H2,1,3H3;/q-1;/b10-4-;. The van der Waals surface area contributed by atoms with Crippen molar-refractivity contribution in [3.05, 3.63) is 54.8 Å². The van der Waals surface area contributed by atoms with Crippen LogP contribution < -0.4 is 4.90 Å². The van der Waals surface area contributed by atoms with Crippen molar-refractivity contribution in [2.45, 2.75) is 13.8 Å². The van der Waals surface area contributed by atoms with Crippen LogP contribution >= 0.6 is 0 Å². The number of aryl methyl sites for hydroxylation is 1. The molecule has 0 heterocycles. The molecular formula is C13H14NOY-. The summed E-state index contributed by atoms with van der Waals surface area (Å²) in [4.78, 5) is 13.1. The minimum atomic E-state index is -0.148. The van der Waals surface area contributed by atoms with E-state index < -0.39 is 0 Å². The zero-order valence-electron chi connectivity index (χ0n) is 9.60. The molecule has 0 unspecified atom stereocenters. The predicted molar refractivity (Wildman–Crippen MR) is 62.5 cm³/mol. The number of rotatable bonds is 3. The summed E-state index contributed by atoms with van der Waals surface area (Å²) in [5.74, 6) is -0.148. The van der Waals surface area contributed by atoms with Gasteiger partial charge in [0.15, 0.2) is 0 Å². The van der Waals surface area contributed by atoms with E-state index in [4.69, 9.17) is 0 Å². The van der Waals surface area contributed by atoms with E-state index in [9.17, 15) is 4.79 Å². The van der Waals surface area contributed by atoms with Crippen molar-refractivity contribution < 1.29 is 37.5 Å². The fourth-order valence-corrected chi connectivity index (χ4v) is 1.18. The number of benzene rings is 1. The monoisotopic (exact) mass is 289 g/mol. The van der Waals surface area contributed by atoms with Crippen LogP contribution in [0.4, 0.5) is 5.69 Å². The summed E-state index contributed by atoms with van der Waals surface area (Å²) in [7, 11) is 0. The van der Waals surface area contributed by atoms with Crippen LogP contribution in [0.2, 0.25) is 0 Å². The van der Waals surface area contributed by atoms with Crippen LogP contribution in [0.25, 0.3) is 0 Å². The molecule has 1 radical (unpaired) electrons. The first-order valence-corrected chi connectivity index (χ1v) is 4.76. The zero-order chi connectivity index (χ0) is 11.3. The quantitative estimate of drug-likeness (QED) is 0.619. The number of allylic oxidation sites excluding steroid dienone is 1. The zero-order valence-corrected chi connectivity index (χ0v) is 12.4. The third kappa shape index (κ3) is 4.03. The second-order valence-corrected chi connectivity index (χ2v) is 3.12. The van der Waals surface area contributed by atoms with Crippen molar-refractivity contribution in [3.63, 3.8) is 0 Å². The molecule has 1 aromatic carbocycles. The van der Waals surface area contributed by atoms with Crippen molar-refractivity contribution in [1.82, 2.24) is 0 Å². The van der Waals surface area contributed by atoms with E-state index >= 15 is 0 Å². The van der Waals surface area contributed by atoms with E-state index in [0.717, 1.165) is 11.3 Å². The summed E-state index contributed by atoms with van der Waals surface area (Å²) >= 11 is 0. The molecular weight excluding hydrogens is 275 g/mol. The van der Waals surface area contributed by atoms with Crippen molar-refractivity contribution >= 4 is 11.6 Å². The number of hydrogen-bond donors (Lipinski definition) is 0. The van der Waals surface area contributed by atoms with Gasteiger partial charge in [0.25, 0.3) is 0 Å². The molecule has 0 bridgehead atoms. The molecule has 0 aliphatic carbocycles. The summed E-state index contributed by atoms with van der Waals surface area (Å²) in [6.07, 6.45) is 4.81. The van der Waals surface area contributed by atoms with Gasteiger partial charge in [-0.25, -0.2) is 0 Å². The van der Waals surface area contributed by atoms with Gasteiger partial charge in [-0.3, -0.25) is 4.79 Å². The van der Waals surface area contributed by atoms with E-state index in [-0.39, 0.29) is 38.6 Å². The van der Waals surface area contributed by atoms with Gasteiger partial charge in [-0.15, -0.1) is 6.07 Å². The molecule has 2 nitrogen and oxygen atoms in total. The first kappa shape index (κ1) is 15.3. The normalized spacial score (nSPS) is 9.62. The molecule has 0 saturated heterocycles. The summed E-state index contributed by atoms with van der Waals surface area (Å²) in [5, 5.41) is 0. The predicted octanol–water partition coefficient (Wildman–Crippen LogP) is 2.85. The van der Waals surface area contributed by atoms with Gasteiger partial charge in [0.2, 0.25) is 5.91 Å². The summed E-state index contributed by atoms with van der Waals surface area (Å²) < 4.78 is 0. The summed E-state index contributed by atoms with van der Waals surface area (Å²) in [6.45, 7) is 7.29. The van der Waals surface area contributed by atoms with Crippen LogP contribution in [0, 0.1) is 13.0 Å². The first-order chi connectivity index (χ1) is 7.19.